The number of allylic oxidation sites excluding steroid dienone is 3. The Hall–Kier alpha value is -1.88. The van der Waals surface area contributed by atoms with Crippen molar-refractivity contribution >= 4 is 11.8 Å². The molecular formula is C16H23NO4. The monoisotopic (exact) mass is 293 g/mol. The Bertz CT molecular complexity index is 502. The number of Topliss-reactive ketones (excluding diaryl/α,β-unsaturated/α-hetero) is 1. The molecule has 0 amide bonds. The molecule has 5 nitrogen and oxygen atoms in total. The molecule has 1 aliphatic heterocycles. The van der Waals surface area contributed by atoms with E-state index in [1.165, 1.54) is 7.11 Å². The highest BCUT2D eigenvalue weighted by Crippen LogP contribution is 2.34. The third kappa shape index (κ3) is 4.04. The van der Waals surface area contributed by atoms with Crippen LogP contribution in [0.25, 0.3) is 0 Å². The third-order valence-corrected chi connectivity index (χ3v) is 3.09. The standard InChI is InChI=1S/C16H23NO4/c1-5-6-7-8-9-16(3)14(18)13(15(19)20-4)12(21-16)10-11(2)17/h6-9,11H,5,10,17H2,1-4H3/b7-6+,9-8+. The van der Waals surface area contributed by atoms with Crippen LogP contribution in [0.1, 0.15) is 33.6 Å². The molecule has 0 spiro atoms. The van der Waals surface area contributed by atoms with Crippen molar-refractivity contribution in [3.05, 3.63) is 35.6 Å². The van der Waals surface area contributed by atoms with Gasteiger partial charge in [0.25, 0.3) is 0 Å². The fraction of sp³-hybridized carbons (Fsp3) is 0.500. The van der Waals surface area contributed by atoms with Crippen molar-refractivity contribution in [1.82, 2.24) is 0 Å². The lowest BCUT2D eigenvalue weighted by Crippen LogP contribution is -2.33. The molecule has 1 heterocycles. The number of hydrogen-bond donors (Lipinski definition) is 1. The molecule has 116 valence electrons. The number of rotatable bonds is 6. The SMILES string of the molecule is CC/C=C/C=C/C1(C)OC(CC(C)N)=C(C(=O)OC)C1=O. The molecule has 2 atom stereocenters. The van der Waals surface area contributed by atoms with E-state index in [2.05, 4.69) is 4.74 Å². The van der Waals surface area contributed by atoms with Crippen LogP contribution in [0.3, 0.4) is 0 Å². The molecule has 0 radical (unpaired) electrons. The summed E-state index contributed by atoms with van der Waals surface area (Å²) in [5.41, 5.74) is 4.51. The van der Waals surface area contributed by atoms with E-state index < -0.39 is 17.4 Å². The van der Waals surface area contributed by atoms with Crippen LogP contribution < -0.4 is 5.73 Å². The van der Waals surface area contributed by atoms with E-state index in [1.54, 1.807) is 26.0 Å². The Morgan fingerprint density at radius 1 is 1.48 bits per heavy atom. The van der Waals surface area contributed by atoms with E-state index in [0.29, 0.717) is 12.2 Å². The second kappa shape index (κ2) is 7.22. The van der Waals surface area contributed by atoms with E-state index in [9.17, 15) is 9.59 Å². The van der Waals surface area contributed by atoms with E-state index >= 15 is 0 Å². The number of ether oxygens (including phenoxy) is 2. The normalized spacial score (nSPS) is 24.0. The van der Waals surface area contributed by atoms with Gasteiger partial charge >= 0.3 is 5.97 Å². The number of carbonyl (C=O) groups excluding carboxylic acids is 2. The fourth-order valence-corrected chi connectivity index (χ4v) is 2.04. The van der Waals surface area contributed by atoms with E-state index in [1.807, 2.05) is 19.1 Å². The maximum atomic E-state index is 12.5. The van der Waals surface area contributed by atoms with Crippen LogP contribution in [0.4, 0.5) is 0 Å². The molecular weight excluding hydrogens is 270 g/mol. The molecule has 1 aliphatic rings. The van der Waals surface area contributed by atoms with Gasteiger partial charge in [-0.25, -0.2) is 4.79 Å². The summed E-state index contributed by atoms with van der Waals surface area (Å²) in [7, 11) is 1.24. The number of esters is 1. The van der Waals surface area contributed by atoms with Crippen molar-refractivity contribution in [3.8, 4) is 0 Å². The van der Waals surface area contributed by atoms with Gasteiger partial charge < -0.3 is 15.2 Å². The lowest BCUT2D eigenvalue weighted by atomic mass is 9.95. The van der Waals surface area contributed by atoms with Crippen LogP contribution in [0.5, 0.6) is 0 Å². The zero-order valence-electron chi connectivity index (χ0n) is 13.0. The second-order valence-corrected chi connectivity index (χ2v) is 5.20. The molecule has 0 aromatic carbocycles. The van der Waals surface area contributed by atoms with Gasteiger partial charge in [-0.1, -0.05) is 25.2 Å². The number of nitrogens with two attached hydrogens (primary N) is 1. The quantitative estimate of drug-likeness (QED) is 0.460. The molecule has 2 unspecified atom stereocenters. The lowest BCUT2D eigenvalue weighted by Gasteiger charge is -2.20. The van der Waals surface area contributed by atoms with Gasteiger partial charge in [-0.05, 0) is 26.3 Å². The topological polar surface area (TPSA) is 78.6 Å². The molecule has 0 bridgehead atoms. The Kier molecular flexibility index (Phi) is 5.90. The Labute approximate surface area is 125 Å². The molecule has 0 aliphatic carbocycles. The van der Waals surface area contributed by atoms with Gasteiger partial charge in [0.1, 0.15) is 11.3 Å². The van der Waals surface area contributed by atoms with Gasteiger partial charge in [-0.3, -0.25) is 4.79 Å². The molecule has 1 rings (SSSR count). The van der Waals surface area contributed by atoms with Gasteiger partial charge in [0.05, 0.1) is 7.11 Å². The average molecular weight is 293 g/mol. The first-order valence-corrected chi connectivity index (χ1v) is 7.01. The van der Waals surface area contributed by atoms with Crippen molar-refractivity contribution in [2.45, 2.75) is 45.3 Å². The van der Waals surface area contributed by atoms with E-state index in [-0.39, 0.29) is 11.6 Å². The highest BCUT2D eigenvalue weighted by molar-refractivity contribution is 6.22. The maximum Gasteiger partial charge on any atom is 0.345 e. The summed E-state index contributed by atoms with van der Waals surface area (Å²) in [6.45, 7) is 5.43. The van der Waals surface area contributed by atoms with Crippen molar-refractivity contribution in [2.75, 3.05) is 7.11 Å². The number of ketones is 1. The molecule has 5 heteroatoms. The molecule has 0 fully saturated rings. The summed E-state index contributed by atoms with van der Waals surface area (Å²) < 4.78 is 10.4. The Morgan fingerprint density at radius 3 is 2.67 bits per heavy atom. The second-order valence-electron chi connectivity index (χ2n) is 5.20. The van der Waals surface area contributed by atoms with Crippen molar-refractivity contribution < 1.29 is 19.1 Å². The van der Waals surface area contributed by atoms with Crippen LogP contribution >= 0.6 is 0 Å². The fourth-order valence-electron chi connectivity index (χ4n) is 2.04. The molecule has 0 saturated carbocycles. The molecule has 21 heavy (non-hydrogen) atoms. The minimum atomic E-state index is -1.19. The zero-order chi connectivity index (χ0) is 16.0. The summed E-state index contributed by atoms with van der Waals surface area (Å²) in [6.07, 6.45) is 8.38. The van der Waals surface area contributed by atoms with Gasteiger partial charge in [0.15, 0.2) is 5.60 Å². The van der Waals surface area contributed by atoms with Gasteiger partial charge in [-0.2, -0.15) is 0 Å². The summed E-state index contributed by atoms with van der Waals surface area (Å²) >= 11 is 0. The summed E-state index contributed by atoms with van der Waals surface area (Å²) in [6, 6.07) is -0.223. The Morgan fingerprint density at radius 2 is 2.14 bits per heavy atom. The minimum Gasteiger partial charge on any atom is -0.478 e. The van der Waals surface area contributed by atoms with Crippen molar-refractivity contribution in [1.29, 1.82) is 0 Å². The van der Waals surface area contributed by atoms with Crippen molar-refractivity contribution in [2.24, 2.45) is 5.73 Å². The summed E-state index contributed by atoms with van der Waals surface area (Å²) in [5.74, 6) is -0.781. The summed E-state index contributed by atoms with van der Waals surface area (Å²) in [5, 5.41) is 0. The lowest BCUT2D eigenvalue weighted by molar-refractivity contribution is -0.138. The molecule has 0 saturated heterocycles. The largest absolute Gasteiger partial charge is 0.478 e. The smallest absolute Gasteiger partial charge is 0.345 e. The number of hydrogen-bond acceptors (Lipinski definition) is 5. The van der Waals surface area contributed by atoms with E-state index in [0.717, 1.165) is 6.42 Å². The van der Waals surface area contributed by atoms with Gasteiger partial charge in [-0.15, -0.1) is 0 Å². The third-order valence-electron chi connectivity index (χ3n) is 3.09. The van der Waals surface area contributed by atoms with Gasteiger partial charge in [0, 0.05) is 12.5 Å². The molecule has 0 aromatic heterocycles. The Balaban J connectivity index is 3.07. The first-order valence-electron chi connectivity index (χ1n) is 7.01. The van der Waals surface area contributed by atoms with Crippen LogP contribution in [-0.4, -0.2) is 30.5 Å². The zero-order valence-corrected chi connectivity index (χ0v) is 13.0. The number of carbonyl (C=O) groups is 2. The first kappa shape index (κ1) is 17.2. The minimum absolute atomic E-state index is 0.0404. The van der Waals surface area contributed by atoms with Crippen LogP contribution in [0.2, 0.25) is 0 Å². The van der Waals surface area contributed by atoms with Crippen LogP contribution in [-0.2, 0) is 19.1 Å². The highest BCUT2D eigenvalue weighted by Gasteiger charge is 2.47. The van der Waals surface area contributed by atoms with Crippen LogP contribution in [0.15, 0.2) is 35.6 Å². The predicted molar refractivity (Wildman–Crippen MR) is 80.4 cm³/mol. The highest BCUT2D eigenvalue weighted by atomic mass is 16.5. The van der Waals surface area contributed by atoms with Crippen molar-refractivity contribution in [3.63, 3.8) is 0 Å². The molecule has 0 aromatic rings. The molecule has 2 N–H and O–H groups in total. The summed E-state index contributed by atoms with van der Waals surface area (Å²) in [4.78, 5) is 24.3. The maximum absolute atomic E-state index is 12.5. The average Bonchev–Trinajstić information content (AvgIpc) is 2.65. The van der Waals surface area contributed by atoms with Gasteiger partial charge in [0.2, 0.25) is 5.78 Å². The first-order chi connectivity index (χ1) is 9.85. The number of methoxy groups -OCH3 is 1. The predicted octanol–water partition coefficient (Wildman–Crippen LogP) is 2.03. The van der Waals surface area contributed by atoms with E-state index in [4.69, 9.17) is 10.5 Å². The van der Waals surface area contributed by atoms with Crippen LogP contribution in [0, 0.1) is 0 Å².